The first kappa shape index (κ1) is 27.2. The summed E-state index contributed by atoms with van der Waals surface area (Å²) < 4.78 is 0. The van der Waals surface area contributed by atoms with Crippen LogP contribution < -0.4 is 5.32 Å². The number of thioether (sulfide) groups is 1. The van der Waals surface area contributed by atoms with Gasteiger partial charge in [0.05, 0.1) is 15.8 Å². The Bertz CT molecular complexity index is 965. The minimum absolute atomic E-state index is 0.0734. The summed E-state index contributed by atoms with van der Waals surface area (Å²) in [6.07, 6.45) is 6.02. The molecule has 0 aliphatic heterocycles. The lowest BCUT2D eigenvalue weighted by Crippen LogP contribution is -2.52. The first-order valence-electron chi connectivity index (χ1n) is 11.7. The van der Waals surface area contributed by atoms with E-state index in [1.54, 1.807) is 17.0 Å². The molecule has 1 aliphatic carbocycles. The Hall–Kier alpha value is -1.40. The van der Waals surface area contributed by atoms with Crippen LogP contribution in [0.15, 0.2) is 42.5 Å². The minimum Gasteiger partial charge on any atom is -0.352 e. The maximum atomic E-state index is 13.4. The normalized spacial score (nSPS) is 15.1. The van der Waals surface area contributed by atoms with Gasteiger partial charge < -0.3 is 10.2 Å². The number of hydrogen-bond donors (Lipinski definition) is 1. The summed E-state index contributed by atoms with van der Waals surface area (Å²) >= 11 is 19.8. The molecule has 1 unspecified atom stereocenters. The van der Waals surface area contributed by atoms with Crippen LogP contribution in [0.1, 0.15) is 56.6 Å². The van der Waals surface area contributed by atoms with Gasteiger partial charge in [-0.3, -0.25) is 9.59 Å². The first-order valence-corrected chi connectivity index (χ1v) is 14.0. The fourth-order valence-corrected chi connectivity index (χ4v) is 5.54. The van der Waals surface area contributed by atoms with Gasteiger partial charge in [0.1, 0.15) is 6.04 Å². The lowest BCUT2D eigenvalue weighted by molar-refractivity contribution is -0.139. The van der Waals surface area contributed by atoms with Crippen molar-refractivity contribution in [2.45, 2.75) is 69.8 Å². The number of nitrogens with zero attached hydrogens (tertiary/aromatic N) is 1. The molecule has 2 amide bonds. The van der Waals surface area contributed by atoms with Crippen molar-refractivity contribution in [2.75, 3.05) is 5.75 Å². The van der Waals surface area contributed by atoms with Gasteiger partial charge in [-0.2, -0.15) is 0 Å². The third kappa shape index (κ3) is 8.08. The highest BCUT2D eigenvalue weighted by molar-refractivity contribution is 7.99. The van der Waals surface area contributed by atoms with Crippen molar-refractivity contribution in [3.63, 3.8) is 0 Å². The predicted molar refractivity (Wildman–Crippen MR) is 144 cm³/mol. The smallest absolute Gasteiger partial charge is 0.243 e. The van der Waals surface area contributed by atoms with Crippen molar-refractivity contribution in [2.24, 2.45) is 0 Å². The molecule has 1 atom stereocenters. The molecule has 0 spiro atoms. The van der Waals surface area contributed by atoms with Crippen molar-refractivity contribution in [1.29, 1.82) is 0 Å². The topological polar surface area (TPSA) is 49.4 Å². The molecule has 4 nitrogen and oxygen atoms in total. The Morgan fingerprint density at radius 2 is 1.68 bits per heavy atom. The van der Waals surface area contributed by atoms with Gasteiger partial charge in [-0.1, -0.05) is 79.2 Å². The summed E-state index contributed by atoms with van der Waals surface area (Å²) in [4.78, 5) is 28.3. The van der Waals surface area contributed by atoms with Crippen LogP contribution in [0.4, 0.5) is 0 Å². The third-order valence-electron chi connectivity index (χ3n) is 6.08. The second-order valence-corrected chi connectivity index (χ2v) is 10.9. The number of halogens is 3. The van der Waals surface area contributed by atoms with E-state index < -0.39 is 6.04 Å². The summed E-state index contributed by atoms with van der Waals surface area (Å²) in [6, 6.07) is 12.6. The van der Waals surface area contributed by atoms with Crippen molar-refractivity contribution in [1.82, 2.24) is 10.2 Å². The quantitative estimate of drug-likeness (QED) is 0.348. The number of rotatable bonds is 10. The van der Waals surface area contributed by atoms with E-state index in [0.29, 0.717) is 33.8 Å². The summed E-state index contributed by atoms with van der Waals surface area (Å²) in [5.74, 6) is 0.812. The van der Waals surface area contributed by atoms with E-state index in [9.17, 15) is 9.59 Å². The van der Waals surface area contributed by atoms with Crippen LogP contribution in [0, 0.1) is 0 Å². The number of hydrogen-bond acceptors (Lipinski definition) is 3. The summed E-state index contributed by atoms with van der Waals surface area (Å²) in [5, 5.41) is 4.78. The second kappa shape index (κ2) is 13.6. The van der Waals surface area contributed by atoms with Crippen molar-refractivity contribution in [3.05, 3.63) is 68.7 Å². The highest BCUT2D eigenvalue weighted by atomic mass is 35.5. The van der Waals surface area contributed by atoms with Gasteiger partial charge in [0, 0.05) is 23.4 Å². The average molecular weight is 542 g/mol. The molecule has 1 fully saturated rings. The van der Waals surface area contributed by atoms with Crippen molar-refractivity contribution >= 4 is 58.4 Å². The van der Waals surface area contributed by atoms with Gasteiger partial charge in [-0.05, 0) is 54.7 Å². The van der Waals surface area contributed by atoms with Crippen molar-refractivity contribution in [3.8, 4) is 0 Å². The van der Waals surface area contributed by atoms with Crippen LogP contribution in [0.5, 0.6) is 0 Å². The van der Waals surface area contributed by atoms with Crippen LogP contribution in [0.3, 0.4) is 0 Å². The van der Waals surface area contributed by atoms with Crippen LogP contribution >= 0.6 is 46.6 Å². The number of carbonyl (C=O) groups is 2. The minimum atomic E-state index is -0.542. The molecule has 0 aromatic heterocycles. The Labute approximate surface area is 221 Å². The molecule has 2 aromatic carbocycles. The molecule has 1 N–H and O–H groups in total. The molecular formula is C26H31Cl3N2O2S. The number of benzene rings is 2. The number of nitrogens with one attached hydrogen (secondary N) is 1. The van der Waals surface area contributed by atoms with Gasteiger partial charge in [0.15, 0.2) is 0 Å². The van der Waals surface area contributed by atoms with Crippen LogP contribution in [0.25, 0.3) is 0 Å². The van der Waals surface area contributed by atoms with Gasteiger partial charge in [0.25, 0.3) is 0 Å². The second-order valence-electron chi connectivity index (χ2n) is 8.66. The fraction of sp³-hybridized carbons (Fsp3) is 0.462. The molecule has 0 bridgehead atoms. The van der Waals surface area contributed by atoms with E-state index in [-0.39, 0.29) is 23.6 Å². The lowest BCUT2D eigenvalue weighted by Gasteiger charge is -2.33. The van der Waals surface area contributed by atoms with Crippen LogP contribution in [0.2, 0.25) is 15.1 Å². The van der Waals surface area contributed by atoms with Crippen molar-refractivity contribution < 1.29 is 9.59 Å². The summed E-state index contributed by atoms with van der Waals surface area (Å²) in [5.41, 5.74) is 1.94. The Morgan fingerprint density at radius 1 is 1.00 bits per heavy atom. The van der Waals surface area contributed by atoms with E-state index >= 15 is 0 Å². The SMILES string of the molecule is CCC(C(=O)NC1CCCCC1)N(Cc1ccc(Cl)c(Cl)c1)C(=O)CSCc1ccc(Cl)cc1. The Morgan fingerprint density at radius 3 is 2.32 bits per heavy atom. The Kier molecular flexibility index (Phi) is 10.9. The third-order valence-corrected chi connectivity index (χ3v) is 8.06. The summed E-state index contributed by atoms with van der Waals surface area (Å²) in [6.45, 7) is 2.24. The van der Waals surface area contributed by atoms with E-state index in [4.69, 9.17) is 34.8 Å². The van der Waals surface area contributed by atoms with Gasteiger partial charge >= 0.3 is 0 Å². The van der Waals surface area contributed by atoms with E-state index in [2.05, 4.69) is 5.32 Å². The van der Waals surface area contributed by atoms with Crippen LogP contribution in [-0.2, 0) is 21.9 Å². The van der Waals surface area contributed by atoms with Gasteiger partial charge in [-0.15, -0.1) is 11.8 Å². The van der Waals surface area contributed by atoms with E-state index in [1.165, 1.54) is 18.2 Å². The monoisotopic (exact) mass is 540 g/mol. The van der Waals surface area contributed by atoms with E-state index in [1.807, 2.05) is 37.3 Å². The molecule has 0 heterocycles. The molecule has 3 rings (SSSR count). The van der Waals surface area contributed by atoms with Gasteiger partial charge in [-0.25, -0.2) is 0 Å². The molecule has 8 heteroatoms. The zero-order valence-electron chi connectivity index (χ0n) is 19.4. The maximum absolute atomic E-state index is 13.4. The number of carbonyl (C=O) groups excluding carboxylic acids is 2. The van der Waals surface area contributed by atoms with Gasteiger partial charge in [0.2, 0.25) is 11.8 Å². The zero-order valence-corrected chi connectivity index (χ0v) is 22.5. The molecule has 0 saturated heterocycles. The predicted octanol–water partition coefficient (Wildman–Crippen LogP) is 7.14. The molecule has 2 aromatic rings. The molecule has 0 radical (unpaired) electrons. The average Bonchev–Trinajstić information content (AvgIpc) is 2.83. The highest BCUT2D eigenvalue weighted by Crippen LogP contribution is 2.25. The Balaban J connectivity index is 1.71. The number of amides is 2. The fourth-order valence-electron chi connectivity index (χ4n) is 4.22. The largest absolute Gasteiger partial charge is 0.352 e. The summed E-state index contributed by atoms with van der Waals surface area (Å²) in [7, 11) is 0. The standard InChI is InChI=1S/C26H31Cl3N2O2S/c1-2-24(26(33)30-21-6-4-3-5-7-21)31(15-19-10-13-22(28)23(29)14-19)25(32)17-34-16-18-8-11-20(27)12-9-18/h8-14,21,24H,2-7,15-17H2,1H3,(H,30,33). The van der Waals surface area contributed by atoms with E-state index in [0.717, 1.165) is 36.8 Å². The molecular weight excluding hydrogens is 511 g/mol. The molecule has 184 valence electrons. The molecule has 34 heavy (non-hydrogen) atoms. The lowest BCUT2D eigenvalue weighted by atomic mass is 9.95. The highest BCUT2D eigenvalue weighted by Gasteiger charge is 2.30. The molecule has 1 saturated carbocycles. The maximum Gasteiger partial charge on any atom is 0.243 e. The first-order chi connectivity index (χ1) is 16.4. The molecule has 1 aliphatic rings. The van der Waals surface area contributed by atoms with Crippen LogP contribution in [-0.4, -0.2) is 34.6 Å². The zero-order chi connectivity index (χ0) is 24.5.